The Morgan fingerprint density at radius 3 is 2.28 bits per heavy atom. The number of aliphatic hydroxyl groups is 1. The van der Waals surface area contributed by atoms with E-state index >= 15 is 0 Å². The van der Waals surface area contributed by atoms with Gasteiger partial charge in [-0.3, -0.25) is 0 Å². The number of aryl methyl sites for hydroxylation is 1. The minimum atomic E-state index is -2.92. The fourth-order valence-electron chi connectivity index (χ4n) is 1.78. The van der Waals surface area contributed by atoms with Crippen molar-refractivity contribution in [3.63, 3.8) is 0 Å². The third-order valence-corrected chi connectivity index (χ3v) is 4.94. The highest BCUT2D eigenvalue weighted by atomic mass is 32.2. The molecule has 0 aliphatic rings. The number of hydrogen-bond donors (Lipinski definition) is 1. The molecule has 1 aromatic carbocycles. The van der Waals surface area contributed by atoms with Crippen LogP contribution in [-0.2, 0) is 16.3 Å². The van der Waals surface area contributed by atoms with Crippen LogP contribution in [0, 0.1) is 0 Å². The smallest absolute Gasteiger partial charge is 0.150 e. The van der Waals surface area contributed by atoms with Gasteiger partial charge < -0.3 is 5.11 Å². The Balaban J connectivity index is 2.47. The number of rotatable bonds is 7. The molecule has 1 unspecified atom stereocenters. The summed E-state index contributed by atoms with van der Waals surface area (Å²) >= 11 is 0. The molecule has 0 fully saturated rings. The molecule has 18 heavy (non-hydrogen) atoms. The van der Waals surface area contributed by atoms with Gasteiger partial charge in [-0.1, -0.05) is 38.1 Å². The van der Waals surface area contributed by atoms with Gasteiger partial charge in [-0.25, -0.2) is 8.42 Å². The summed E-state index contributed by atoms with van der Waals surface area (Å²) in [7, 11) is -2.92. The van der Waals surface area contributed by atoms with Gasteiger partial charge in [0.1, 0.15) is 9.84 Å². The van der Waals surface area contributed by atoms with Crippen LogP contribution < -0.4 is 0 Å². The summed E-state index contributed by atoms with van der Waals surface area (Å²) in [5.41, 5.74) is 2.10. The third kappa shape index (κ3) is 4.78. The van der Waals surface area contributed by atoms with Gasteiger partial charge in [-0.2, -0.15) is 0 Å². The van der Waals surface area contributed by atoms with Crippen LogP contribution in [0.5, 0.6) is 0 Å². The first-order valence-corrected chi connectivity index (χ1v) is 8.28. The van der Waals surface area contributed by atoms with E-state index in [-0.39, 0.29) is 11.5 Å². The predicted molar refractivity (Wildman–Crippen MR) is 74.3 cm³/mol. The molecule has 0 spiro atoms. The van der Waals surface area contributed by atoms with Crippen LogP contribution in [0.4, 0.5) is 0 Å². The fraction of sp³-hybridized carbons (Fsp3) is 0.571. The topological polar surface area (TPSA) is 54.4 Å². The van der Waals surface area contributed by atoms with Crippen LogP contribution in [0.1, 0.15) is 43.9 Å². The van der Waals surface area contributed by atoms with E-state index < -0.39 is 15.9 Å². The number of aliphatic hydroxyl groups excluding tert-OH is 1. The Kier molecular flexibility index (Phi) is 5.82. The standard InChI is InChI=1S/C14H22O3S/c1-3-12-7-9-13(10-8-12)14(15)6-5-11-18(16,17)4-2/h7-10,14-15H,3-6,11H2,1-2H3. The van der Waals surface area contributed by atoms with Crippen molar-refractivity contribution in [3.8, 4) is 0 Å². The average Bonchev–Trinajstić information content (AvgIpc) is 2.38. The van der Waals surface area contributed by atoms with Gasteiger partial charge in [0.05, 0.1) is 11.9 Å². The van der Waals surface area contributed by atoms with E-state index in [1.165, 1.54) is 5.56 Å². The number of sulfone groups is 1. The highest BCUT2D eigenvalue weighted by molar-refractivity contribution is 7.91. The van der Waals surface area contributed by atoms with Crippen molar-refractivity contribution >= 4 is 9.84 Å². The first-order valence-electron chi connectivity index (χ1n) is 6.45. The van der Waals surface area contributed by atoms with Crippen LogP contribution in [0.3, 0.4) is 0 Å². The molecule has 1 N–H and O–H groups in total. The Bertz CT molecular complexity index is 448. The second kappa shape index (κ2) is 6.90. The monoisotopic (exact) mass is 270 g/mol. The molecule has 0 saturated heterocycles. The van der Waals surface area contributed by atoms with E-state index in [0.29, 0.717) is 12.8 Å². The van der Waals surface area contributed by atoms with Crippen LogP contribution in [0.15, 0.2) is 24.3 Å². The molecule has 102 valence electrons. The van der Waals surface area contributed by atoms with Crippen molar-refractivity contribution in [2.75, 3.05) is 11.5 Å². The first-order chi connectivity index (χ1) is 8.48. The maximum atomic E-state index is 11.3. The van der Waals surface area contributed by atoms with E-state index in [2.05, 4.69) is 6.92 Å². The number of hydrogen-bond acceptors (Lipinski definition) is 3. The molecule has 4 heteroatoms. The maximum Gasteiger partial charge on any atom is 0.150 e. The summed E-state index contributed by atoms with van der Waals surface area (Å²) in [5, 5.41) is 9.96. The van der Waals surface area contributed by atoms with Crippen LogP contribution in [0.25, 0.3) is 0 Å². The Labute approximate surface area is 110 Å². The SMILES string of the molecule is CCc1ccc(C(O)CCCS(=O)(=O)CC)cc1. The van der Waals surface area contributed by atoms with Crippen molar-refractivity contribution in [1.29, 1.82) is 0 Å². The minimum absolute atomic E-state index is 0.160. The van der Waals surface area contributed by atoms with Crippen molar-refractivity contribution in [2.45, 2.75) is 39.2 Å². The highest BCUT2D eigenvalue weighted by Crippen LogP contribution is 2.19. The van der Waals surface area contributed by atoms with E-state index in [1.807, 2.05) is 24.3 Å². The van der Waals surface area contributed by atoms with E-state index in [9.17, 15) is 13.5 Å². The Hall–Kier alpha value is -0.870. The average molecular weight is 270 g/mol. The molecule has 0 aliphatic heterocycles. The molecule has 1 aromatic rings. The van der Waals surface area contributed by atoms with Gasteiger partial charge in [0.25, 0.3) is 0 Å². The minimum Gasteiger partial charge on any atom is -0.388 e. The Morgan fingerprint density at radius 1 is 1.17 bits per heavy atom. The van der Waals surface area contributed by atoms with Crippen molar-refractivity contribution in [3.05, 3.63) is 35.4 Å². The molecule has 3 nitrogen and oxygen atoms in total. The van der Waals surface area contributed by atoms with Crippen molar-refractivity contribution in [1.82, 2.24) is 0 Å². The molecule has 0 aliphatic carbocycles. The molecule has 0 radical (unpaired) electrons. The van der Waals surface area contributed by atoms with E-state index in [0.717, 1.165) is 12.0 Å². The molecule has 0 bridgehead atoms. The number of benzene rings is 1. The summed E-state index contributed by atoms with van der Waals surface area (Å²) in [6, 6.07) is 7.83. The summed E-state index contributed by atoms with van der Waals surface area (Å²) in [5.74, 6) is 0.335. The zero-order chi connectivity index (χ0) is 13.6. The second-order valence-electron chi connectivity index (χ2n) is 4.49. The maximum absolute atomic E-state index is 11.3. The predicted octanol–water partition coefficient (Wildman–Crippen LogP) is 2.50. The quantitative estimate of drug-likeness (QED) is 0.828. The lowest BCUT2D eigenvalue weighted by Crippen LogP contribution is -2.10. The summed E-state index contributed by atoms with van der Waals surface area (Å²) in [4.78, 5) is 0. The molecule has 1 atom stereocenters. The lowest BCUT2D eigenvalue weighted by Gasteiger charge is -2.11. The Morgan fingerprint density at radius 2 is 1.78 bits per heavy atom. The molecule has 1 rings (SSSR count). The van der Waals surface area contributed by atoms with E-state index in [4.69, 9.17) is 0 Å². The van der Waals surface area contributed by atoms with Crippen LogP contribution in [-0.4, -0.2) is 25.0 Å². The highest BCUT2D eigenvalue weighted by Gasteiger charge is 2.11. The summed E-state index contributed by atoms with van der Waals surface area (Å²) < 4.78 is 22.6. The van der Waals surface area contributed by atoms with Crippen molar-refractivity contribution in [2.24, 2.45) is 0 Å². The second-order valence-corrected chi connectivity index (χ2v) is 6.96. The van der Waals surface area contributed by atoms with Crippen LogP contribution in [0.2, 0.25) is 0 Å². The largest absolute Gasteiger partial charge is 0.388 e. The lowest BCUT2D eigenvalue weighted by atomic mass is 10.0. The fourth-order valence-corrected chi connectivity index (χ4v) is 2.68. The zero-order valence-electron chi connectivity index (χ0n) is 11.1. The van der Waals surface area contributed by atoms with Gasteiger partial charge in [-0.05, 0) is 30.4 Å². The summed E-state index contributed by atoms with van der Waals surface area (Å²) in [6.45, 7) is 3.73. The zero-order valence-corrected chi connectivity index (χ0v) is 11.9. The van der Waals surface area contributed by atoms with Gasteiger partial charge >= 0.3 is 0 Å². The first kappa shape index (κ1) is 15.2. The van der Waals surface area contributed by atoms with Gasteiger partial charge in [0.15, 0.2) is 0 Å². The summed E-state index contributed by atoms with van der Waals surface area (Å²) in [6.07, 6.45) is 1.41. The van der Waals surface area contributed by atoms with Gasteiger partial charge in [-0.15, -0.1) is 0 Å². The molecule has 0 heterocycles. The van der Waals surface area contributed by atoms with E-state index in [1.54, 1.807) is 6.92 Å². The lowest BCUT2D eigenvalue weighted by molar-refractivity contribution is 0.166. The molecular formula is C14H22O3S. The van der Waals surface area contributed by atoms with Crippen LogP contribution >= 0.6 is 0 Å². The molecule has 0 amide bonds. The van der Waals surface area contributed by atoms with Gasteiger partial charge in [0, 0.05) is 5.75 Å². The molecule has 0 saturated carbocycles. The van der Waals surface area contributed by atoms with Gasteiger partial charge in [0.2, 0.25) is 0 Å². The molecule has 0 aromatic heterocycles. The van der Waals surface area contributed by atoms with Crippen molar-refractivity contribution < 1.29 is 13.5 Å². The normalized spacial score (nSPS) is 13.5. The molecular weight excluding hydrogens is 248 g/mol. The third-order valence-electron chi connectivity index (χ3n) is 3.15.